The van der Waals surface area contributed by atoms with Crippen molar-refractivity contribution in [1.82, 2.24) is 9.80 Å². The third-order valence-corrected chi connectivity index (χ3v) is 9.92. The minimum atomic E-state index is -3.89. The highest BCUT2D eigenvalue weighted by Gasteiger charge is 2.39. The number of nitrogens with zero attached hydrogens (tertiary/aromatic N) is 2. The van der Waals surface area contributed by atoms with Crippen LogP contribution < -0.4 is 9.46 Å². The van der Waals surface area contributed by atoms with E-state index >= 15 is 0 Å². The number of benzene rings is 3. The molecule has 1 fully saturated rings. The molecule has 3 aromatic rings. The smallest absolute Gasteiger partial charge is 0.261 e. The first-order chi connectivity index (χ1) is 20.2. The lowest BCUT2D eigenvalue weighted by atomic mass is 9.94. The van der Waals surface area contributed by atoms with Crippen molar-refractivity contribution in [3.8, 4) is 5.75 Å². The molecule has 0 saturated carbocycles. The topological polar surface area (TPSA) is 105 Å². The van der Waals surface area contributed by atoms with E-state index in [1.807, 2.05) is 17.0 Å². The highest BCUT2D eigenvalue weighted by atomic mass is 35.5. The van der Waals surface area contributed by atoms with Crippen LogP contribution in [-0.2, 0) is 32.5 Å². The summed E-state index contributed by atoms with van der Waals surface area (Å²) in [6.45, 7) is 1.51. The second kappa shape index (κ2) is 11.6. The van der Waals surface area contributed by atoms with Crippen LogP contribution in [0.1, 0.15) is 40.7 Å². The number of likely N-dealkylation sites (N-methyl/N-ethyl adjacent to an activating group) is 1. The molecule has 3 aromatic carbocycles. The maximum Gasteiger partial charge on any atom is 0.261 e. The highest BCUT2D eigenvalue weighted by Crippen LogP contribution is 2.33. The monoisotopic (exact) mass is 609 g/mol. The Labute approximate surface area is 250 Å². The van der Waals surface area contributed by atoms with Crippen LogP contribution in [0.15, 0.2) is 71.6 Å². The number of fused-ring (bicyclic) bond motifs is 3. The normalized spacial score (nSPS) is 22.1. The summed E-state index contributed by atoms with van der Waals surface area (Å²) in [5.41, 5.74) is 2.99. The Balaban J connectivity index is 1.13. The Morgan fingerprint density at radius 1 is 1.05 bits per heavy atom. The molecule has 3 heterocycles. The molecular formula is C31H32ClN3O6S. The number of ether oxygens (including phenoxy) is 2. The predicted molar refractivity (Wildman–Crippen MR) is 158 cm³/mol. The Kier molecular flexibility index (Phi) is 7.87. The van der Waals surface area contributed by atoms with E-state index in [0.717, 1.165) is 6.42 Å². The molecule has 42 heavy (non-hydrogen) atoms. The van der Waals surface area contributed by atoms with E-state index in [4.69, 9.17) is 21.1 Å². The van der Waals surface area contributed by atoms with Crippen LogP contribution in [0.4, 0.5) is 5.69 Å². The van der Waals surface area contributed by atoms with E-state index in [9.17, 15) is 18.0 Å². The van der Waals surface area contributed by atoms with Crippen LogP contribution in [0.2, 0.25) is 5.02 Å². The molecule has 11 heteroatoms. The minimum Gasteiger partial charge on any atom is -0.490 e. The van der Waals surface area contributed by atoms with Gasteiger partial charge in [-0.05, 0) is 72.9 Å². The van der Waals surface area contributed by atoms with Crippen LogP contribution in [0.5, 0.6) is 5.75 Å². The van der Waals surface area contributed by atoms with Gasteiger partial charge in [-0.1, -0.05) is 35.9 Å². The fourth-order valence-corrected chi connectivity index (χ4v) is 7.13. The number of nitrogens with one attached hydrogen (secondary N) is 1. The van der Waals surface area contributed by atoms with Crippen molar-refractivity contribution >= 4 is 39.1 Å². The Hall–Kier alpha value is -3.60. The minimum absolute atomic E-state index is 0.0543. The van der Waals surface area contributed by atoms with Crippen LogP contribution in [-0.4, -0.2) is 68.5 Å². The molecule has 0 bridgehead atoms. The number of sulfonamides is 1. The summed E-state index contributed by atoms with van der Waals surface area (Å²) < 4.78 is 40.7. The standard InChI is InChI=1S/C31H32ClN3O6S/c1-34-27-12-9-24(17-30(36)35-15-14-20-4-2-3-5-21(20)18-35)41-29(27)19-40-28-13-8-23(16-26(28)31(34)37)33-42(38,39)25-10-6-22(32)7-11-25/h2-8,10-11,13,16,24,27,29,33H,9,12,14-15,17-19H2,1H3/t24-,27-,29+/m0/s1. The largest absolute Gasteiger partial charge is 0.490 e. The molecule has 9 nitrogen and oxygen atoms in total. The summed E-state index contributed by atoms with van der Waals surface area (Å²) in [5.74, 6) is 0.119. The van der Waals surface area contributed by atoms with Crippen molar-refractivity contribution < 1.29 is 27.5 Å². The third kappa shape index (κ3) is 5.84. The molecule has 1 N–H and O–H groups in total. The molecule has 6 rings (SSSR count). The summed E-state index contributed by atoms with van der Waals surface area (Å²) in [6.07, 6.45) is 1.78. The van der Waals surface area contributed by atoms with Gasteiger partial charge in [-0.3, -0.25) is 14.3 Å². The van der Waals surface area contributed by atoms with Crippen LogP contribution in [0, 0.1) is 0 Å². The molecule has 0 aromatic heterocycles. The quantitative estimate of drug-likeness (QED) is 0.457. The van der Waals surface area contributed by atoms with Gasteiger partial charge >= 0.3 is 0 Å². The summed E-state index contributed by atoms with van der Waals surface area (Å²) in [7, 11) is -2.17. The summed E-state index contributed by atoms with van der Waals surface area (Å²) >= 11 is 5.89. The zero-order valence-electron chi connectivity index (χ0n) is 23.2. The molecule has 0 aliphatic carbocycles. The Bertz CT molecular complexity index is 1610. The number of carbonyl (C=O) groups is 2. The van der Waals surface area contributed by atoms with Gasteiger partial charge in [0.15, 0.2) is 0 Å². The molecule has 0 spiro atoms. The first-order valence-electron chi connectivity index (χ1n) is 14.0. The molecule has 0 unspecified atom stereocenters. The van der Waals surface area contributed by atoms with Gasteiger partial charge < -0.3 is 19.3 Å². The average Bonchev–Trinajstić information content (AvgIpc) is 2.99. The van der Waals surface area contributed by atoms with Gasteiger partial charge in [-0.2, -0.15) is 0 Å². The fourth-order valence-electron chi connectivity index (χ4n) is 5.95. The van der Waals surface area contributed by atoms with Gasteiger partial charge in [0.2, 0.25) is 5.91 Å². The van der Waals surface area contributed by atoms with Gasteiger partial charge in [0.1, 0.15) is 18.5 Å². The van der Waals surface area contributed by atoms with Crippen LogP contribution in [0.25, 0.3) is 0 Å². The summed E-state index contributed by atoms with van der Waals surface area (Å²) in [6, 6.07) is 18.4. The second-order valence-electron chi connectivity index (χ2n) is 11.0. The van der Waals surface area contributed by atoms with E-state index in [1.165, 1.54) is 41.5 Å². The lowest BCUT2D eigenvalue weighted by molar-refractivity contribution is -0.143. The van der Waals surface area contributed by atoms with Crippen molar-refractivity contribution in [2.75, 3.05) is 24.9 Å². The molecule has 3 aliphatic rings. The van der Waals surface area contributed by atoms with Crippen molar-refractivity contribution in [2.45, 2.75) is 55.4 Å². The number of anilines is 1. The highest BCUT2D eigenvalue weighted by molar-refractivity contribution is 7.92. The number of carbonyl (C=O) groups excluding carboxylic acids is 2. The number of rotatable bonds is 5. The van der Waals surface area contributed by atoms with E-state index in [-0.39, 0.29) is 53.1 Å². The van der Waals surface area contributed by atoms with Crippen LogP contribution in [0.3, 0.4) is 0 Å². The first-order valence-corrected chi connectivity index (χ1v) is 15.9. The lowest BCUT2D eigenvalue weighted by Crippen LogP contribution is -2.54. The fraction of sp³-hybridized carbons (Fsp3) is 0.355. The number of hydrogen-bond donors (Lipinski definition) is 1. The number of halogens is 1. The van der Waals surface area contributed by atoms with Gasteiger partial charge in [-0.25, -0.2) is 8.42 Å². The van der Waals surface area contributed by atoms with E-state index < -0.39 is 16.1 Å². The molecule has 3 atom stereocenters. The molecule has 0 radical (unpaired) electrons. The van der Waals surface area contributed by atoms with Gasteiger partial charge in [-0.15, -0.1) is 0 Å². The molecule has 2 amide bonds. The van der Waals surface area contributed by atoms with E-state index in [1.54, 1.807) is 24.1 Å². The van der Waals surface area contributed by atoms with E-state index in [2.05, 4.69) is 16.9 Å². The van der Waals surface area contributed by atoms with Gasteiger partial charge in [0.25, 0.3) is 15.9 Å². The van der Waals surface area contributed by atoms with Crippen molar-refractivity contribution in [3.63, 3.8) is 0 Å². The van der Waals surface area contributed by atoms with Crippen molar-refractivity contribution in [1.29, 1.82) is 0 Å². The van der Waals surface area contributed by atoms with Crippen molar-refractivity contribution in [3.05, 3.63) is 88.4 Å². The number of hydrogen-bond acceptors (Lipinski definition) is 6. The molecular weight excluding hydrogens is 578 g/mol. The first kappa shape index (κ1) is 28.5. The van der Waals surface area contributed by atoms with Crippen LogP contribution >= 0.6 is 11.6 Å². The Morgan fingerprint density at radius 3 is 2.60 bits per heavy atom. The van der Waals surface area contributed by atoms with Gasteiger partial charge in [0, 0.05) is 30.8 Å². The predicted octanol–water partition coefficient (Wildman–Crippen LogP) is 4.50. The third-order valence-electron chi connectivity index (χ3n) is 8.27. The molecule has 220 valence electrons. The Morgan fingerprint density at radius 2 is 1.81 bits per heavy atom. The van der Waals surface area contributed by atoms with Crippen molar-refractivity contribution in [2.24, 2.45) is 0 Å². The van der Waals surface area contributed by atoms with E-state index in [0.29, 0.717) is 36.7 Å². The SMILES string of the molecule is CN1C(=O)c2cc(NS(=O)(=O)c3ccc(Cl)cc3)ccc2OC[C@H]2O[C@H](CC(=O)N3CCc4ccccc4C3)CC[C@@H]21. The average molecular weight is 610 g/mol. The zero-order chi connectivity index (χ0) is 29.4. The summed E-state index contributed by atoms with van der Waals surface area (Å²) in [4.78, 5) is 30.3. The lowest BCUT2D eigenvalue weighted by Gasteiger charge is -2.42. The maximum absolute atomic E-state index is 13.6. The van der Waals surface area contributed by atoms with Gasteiger partial charge in [0.05, 0.1) is 29.0 Å². The molecule has 1 saturated heterocycles. The zero-order valence-corrected chi connectivity index (χ0v) is 24.7. The molecule has 3 aliphatic heterocycles. The maximum atomic E-state index is 13.6. The second-order valence-corrected chi connectivity index (χ2v) is 13.1. The summed E-state index contributed by atoms with van der Waals surface area (Å²) in [5, 5.41) is 0.428. The number of amides is 2.